The summed E-state index contributed by atoms with van der Waals surface area (Å²) in [5.74, 6) is 5.74. The van der Waals surface area contributed by atoms with Crippen molar-refractivity contribution in [2.45, 2.75) is 12.6 Å². The SMILES string of the molecule is CN(C)CCn1ncc(Br)c1C(NN)c1ccc(Cl)nc1. The second-order valence-corrected chi connectivity index (χ2v) is 6.16. The van der Waals surface area contributed by atoms with Crippen molar-refractivity contribution in [3.8, 4) is 0 Å². The minimum atomic E-state index is -0.214. The van der Waals surface area contributed by atoms with Crippen LogP contribution in [0.15, 0.2) is 29.0 Å². The van der Waals surface area contributed by atoms with Crippen molar-refractivity contribution in [3.63, 3.8) is 0 Å². The van der Waals surface area contributed by atoms with Crippen molar-refractivity contribution >= 4 is 27.5 Å². The molecule has 21 heavy (non-hydrogen) atoms. The monoisotopic (exact) mass is 372 g/mol. The van der Waals surface area contributed by atoms with E-state index in [-0.39, 0.29) is 6.04 Å². The first-order valence-corrected chi connectivity index (χ1v) is 7.63. The normalized spacial score (nSPS) is 12.9. The highest BCUT2D eigenvalue weighted by molar-refractivity contribution is 9.10. The molecule has 2 heterocycles. The number of hydrogen-bond donors (Lipinski definition) is 2. The fourth-order valence-corrected chi connectivity index (χ4v) is 2.66. The fraction of sp³-hybridized carbons (Fsp3) is 0.385. The number of pyridine rings is 1. The van der Waals surface area contributed by atoms with Crippen LogP contribution in [0.2, 0.25) is 5.15 Å². The van der Waals surface area contributed by atoms with Crippen LogP contribution in [-0.2, 0) is 6.54 Å². The molecule has 0 aliphatic rings. The van der Waals surface area contributed by atoms with E-state index in [1.54, 1.807) is 18.5 Å². The Morgan fingerprint density at radius 1 is 1.43 bits per heavy atom. The first kappa shape index (κ1) is 16.4. The lowest BCUT2D eigenvalue weighted by molar-refractivity contribution is 0.365. The van der Waals surface area contributed by atoms with Gasteiger partial charge in [0, 0.05) is 12.7 Å². The molecule has 2 aromatic rings. The highest BCUT2D eigenvalue weighted by Gasteiger charge is 2.21. The van der Waals surface area contributed by atoms with Crippen LogP contribution in [0.5, 0.6) is 0 Å². The summed E-state index contributed by atoms with van der Waals surface area (Å²) in [6.45, 7) is 1.66. The van der Waals surface area contributed by atoms with E-state index >= 15 is 0 Å². The number of hydrogen-bond acceptors (Lipinski definition) is 5. The molecular weight excluding hydrogens is 356 g/mol. The van der Waals surface area contributed by atoms with Crippen LogP contribution in [-0.4, -0.2) is 40.3 Å². The Hall–Kier alpha value is -0.990. The van der Waals surface area contributed by atoms with E-state index < -0.39 is 0 Å². The van der Waals surface area contributed by atoms with E-state index in [1.807, 2.05) is 24.8 Å². The first-order chi connectivity index (χ1) is 10.0. The average molecular weight is 374 g/mol. The van der Waals surface area contributed by atoms with Gasteiger partial charge in [-0.05, 0) is 41.7 Å². The van der Waals surface area contributed by atoms with Gasteiger partial charge in [0.1, 0.15) is 5.15 Å². The summed E-state index contributed by atoms with van der Waals surface area (Å²) in [6.07, 6.45) is 3.49. The standard InChI is InChI=1S/C13H18BrClN6/c1-20(2)5-6-21-13(10(14)8-18-21)12(19-16)9-3-4-11(15)17-7-9/h3-4,7-8,12,19H,5-6,16H2,1-2H3. The number of hydrazine groups is 1. The maximum Gasteiger partial charge on any atom is 0.129 e. The number of halogens is 2. The molecule has 8 heteroatoms. The van der Waals surface area contributed by atoms with Crippen LogP contribution in [0.4, 0.5) is 0 Å². The molecule has 1 atom stereocenters. The highest BCUT2D eigenvalue weighted by Crippen LogP contribution is 2.28. The van der Waals surface area contributed by atoms with Gasteiger partial charge in [0.15, 0.2) is 0 Å². The quantitative estimate of drug-likeness (QED) is 0.459. The lowest BCUT2D eigenvalue weighted by Crippen LogP contribution is -2.32. The maximum absolute atomic E-state index is 5.84. The predicted octanol–water partition coefficient (Wildman–Crippen LogP) is 1.81. The molecule has 114 valence electrons. The molecule has 0 aliphatic heterocycles. The lowest BCUT2D eigenvalue weighted by atomic mass is 10.1. The van der Waals surface area contributed by atoms with Gasteiger partial charge < -0.3 is 4.90 Å². The topological polar surface area (TPSA) is 72.0 Å². The molecule has 1 unspecified atom stereocenters. The lowest BCUT2D eigenvalue weighted by Gasteiger charge is -2.19. The van der Waals surface area contributed by atoms with E-state index in [9.17, 15) is 0 Å². The smallest absolute Gasteiger partial charge is 0.129 e. The minimum absolute atomic E-state index is 0.214. The Balaban J connectivity index is 2.33. The van der Waals surface area contributed by atoms with Gasteiger partial charge in [0.05, 0.1) is 29.0 Å². The summed E-state index contributed by atoms with van der Waals surface area (Å²) in [6, 6.07) is 3.43. The van der Waals surface area contributed by atoms with E-state index in [0.717, 1.165) is 28.8 Å². The van der Waals surface area contributed by atoms with Gasteiger partial charge in [-0.3, -0.25) is 10.5 Å². The molecular formula is C13H18BrClN6. The van der Waals surface area contributed by atoms with Crippen molar-refractivity contribution in [2.75, 3.05) is 20.6 Å². The summed E-state index contributed by atoms with van der Waals surface area (Å²) in [4.78, 5) is 6.21. The van der Waals surface area contributed by atoms with Gasteiger partial charge in [0.2, 0.25) is 0 Å². The number of nitrogens with zero attached hydrogens (tertiary/aromatic N) is 4. The third-order valence-corrected chi connectivity index (χ3v) is 3.95. The van der Waals surface area contributed by atoms with Crippen molar-refractivity contribution in [2.24, 2.45) is 5.84 Å². The van der Waals surface area contributed by atoms with E-state index in [4.69, 9.17) is 17.4 Å². The summed E-state index contributed by atoms with van der Waals surface area (Å²) >= 11 is 9.37. The van der Waals surface area contributed by atoms with Gasteiger partial charge in [-0.15, -0.1) is 0 Å². The zero-order chi connectivity index (χ0) is 15.4. The molecule has 0 spiro atoms. The van der Waals surface area contributed by atoms with Crippen LogP contribution in [0, 0.1) is 0 Å². The molecule has 3 N–H and O–H groups in total. The van der Waals surface area contributed by atoms with Crippen LogP contribution < -0.4 is 11.3 Å². The predicted molar refractivity (Wildman–Crippen MR) is 86.9 cm³/mol. The summed E-state index contributed by atoms with van der Waals surface area (Å²) in [5.41, 5.74) is 4.71. The van der Waals surface area contributed by atoms with Crippen LogP contribution in [0.1, 0.15) is 17.3 Å². The van der Waals surface area contributed by atoms with Crippen LogP contribution in [0.3, 0.4) is 0 Å². The molecule has 0 saturated carbocycles. The first-order valence-electron chi connectivity index (χ1n) is 6.46. The average Bonchev–Trinajstić information content (AvgIpc) is 2.81. The number of nitrogens with one attached hydrogen (secondary N) is 1. The number of nitrogens with two attached hydrogens (primary N) is 1. The number of likely N-dealkylation sites (N-methyl/N-ethyl adjacent to an activating group) is 1. The summed E-state index contributed by atoms with van der Waals surface area (Å²) in [7, 11) is 4.06. The van der Waals surface area contributed by atoms with Crippen LogP contribution in [0.25, 0.3) is 0 Å². The van der Waals surface area contributed by atoms with Crippen molar-refractivity contribution in [1.82, 2.24) is 25.1 Å². The van der Waals surface area contributed by atoms with Gasteiger partial charge in [-0.1, -0.05) is 17.7 Å². The maximum atomic E-state index is 5.84. The number of aromatic nitrogens is 3. The third-order valence-electron chi connectivity index (χ3n) is 3.12. The van der Waals surface area contributed by atoms with E-state index in [0.29, 0.717) is 5.15 Å². The van der Waals surface area contributed by atoms with Crippen molar-refractivity contribution in [1.29, 1.82) is 0 Å². The molecule has 0 bridgehead atoms. The minimum Gasteiger partial charge on any atom is -0.308 e. The Bertz CT molecular complexity index is 583. The largest absolute Gasteiger partial charge is 0.308 e. The molecule has 0 saturated heterocycles. The zero-order valence-electron chi connectivity index (χ0n) is 11.9. The molecule has 0 aromatic carbocycles. The Kier molecular flexibility index (Phi) is 5.72. The second kappa shape index (κ2) is 7.33. The second-order valence-electron chi connectivity index (χ2n) is 4.92. The van der Waals surface area contributed by atoms with Gasteiger partial charge >= 0.3 is 0 Å². The summed E-state index contributed by atoms with van der Waals surface area (Å²) < 4.78 is 2.84. The van der Waals surface area contributed by atoms with Gasteiger partial charge in [-0.25, -0.2) is 10.4 Å². The molecule has 2 rings (SSSR count). The van der Waals surface area contributed by atoms with Crippen LogP contribution >= 0.6 is 27.5 Å². The Morgan fingerprint density at radius 3 is 2.76 bits per heavy atom. The molecule has 6 nitrogen and oxygen atoms in total. The third kappa shape index (κ3) is 4.02. The molecule has 0 amide bonds. The highest BCUT2D eigenvalue weighted by atomic mass is 79.9. The molecule has 0 radical (unpaired) electrons. The van der Waals surface area contributed by atoms with E-state index in [2.05, 4.69) is 36.3 Å². The Morgan fingerprint density at radius 2 is 2.19 bits per heavy atom. The van der Waals surface area contributed by atoms with Crippen molar-refractivity contribution in [3.05, 3.63) is 45.4 Å². The Labute approximate surface area is 137 Å². The van der Waals surface area contributed by atoms with Crippen molar-refractivity contribution < 1.29 is 0 Å². The number of rotatable bonds is 6. The van der Waals surface area contributed by atoms with Gasteiger partial charge in [0.25, 0.3) is 0 Å². The summed E-state index contributed by atoms with van der Waals surface area (Å²) in [5, 5.41) is 4.85. The zero-order valence-corrected chi connectivity index (χ0v) is 14.3. The molecule has 0 fully saturated rings. The molecule has 2 aromatic heterocycles. The molecule has 0 aliphatic carbocycles. The fourth-order valence-electron chi connectivity index (χ4n) is 2.02. The van der Waals surface area contributed by atoms with Gasteiger partial charge in [-0.2, -0.15) is 5.10 Å². The van der Waals surface area contributed by atoms with E-state index in [1.165, 1.54) is 0 Å².